The van der Waals surface area contributed by atoms with Crippen LogP contribution in [0.2, 0.25) is 0 Å². The minimum Gasteiger partial charge on any atom is -0.309 e. The van der Waals surface area contributed by atoms with Crippen molar-refractivity contribution in [3.05, 3.63) is 216 Å². The van der Waals surface area contributed by atoms with Gasteiger partial charge in [-0.25, -0.2) is 0 Å². The van der Waals surface area contributed by atoms with Gasteiger partial charge in [-0.15, -0.1) is 0 Å². The van der Waals surface area contributed by atoms with Crippen LogP contribution in [0.5, 0.6) is 0 Å². The van der Waals surface area contributed by atoms with Crippen molar-refractivity contribution in [1.29, 1.82) is 0 Å². The Morgan fingerprint density at radius 3 is 1.17 bits per heavy atom. The molecule has 0 amide bonds. The first kappa shape index (κ1) is 38.5. The van der Waals surface area contributed by atoms with Gasteiger partial charge in [-0.05, 0) is 114 Å². The molecule has 310 valence electrons. The van der Waals surface area contributed by atoms with Gasteiger partial charge in [0.1, 0.15) is 0 Å². The number of nitrogens with zero attached hydrogens (tertiary/aromatic N) is 2. The monoisotopic (exact) mass is 824 g/mol. The summed E-state index contributed by atoms with van der Waals surface area (Å²) < 4.78 is 0. The van der Waals surface area contributed by atoms with Crippen molar-refractivity contribution in [2.24, 2.45) is 0 Å². The first-order valence-electron chi connectivity index (χ1n) is 22.8. The molecule has 10 aromatic carbocycles. The van der Waals surface area contributed by atoms with E-state index < -0.39 is 0 Å². The molecule has 2 nitrogen and oxygen atoms in total. The van der Waals surface area contributed by atoms with E-state index in [2.05, 4.69) is 246 Å². The van der Waals surface area contributed by atoms with Crippen LogP contribution in [0.25, 0.3) is 54.6 Å². The summed E-state index contributed by atoms with van der Waals surface area (Å²) in [6, 6.07) is 71.0. The number of rotatable bonds is 4. The molecule has 2 heteroatoms. The first-order chi connectivity index (χ1) is 30.9. The van der Waals surface area contributed by atoms with Crippen molar-refractivity contribution >= 4 is 66.4 Å². The molecule has 0 unspecified atom stereocenters. The van der Waals surface area contributed by atoms with E-state index in [0.717, 1.165) is 0 Å². The van der Waals surface area contributed by atoms with Crippen LogP contribution < -0.4 is 9.80 Å². The second kappa shape index (κ2) is 13.7. The van der Waals surface area contributed by atoms with Gasteiger partial charge in [0.05, 0.1) is 34.1 Å². The van der Waals surface area contributed by atoms with Gasteiger partial charge in [0.15, 0.2) is 0 Å². The standard InChI is InChI=1S/C62H52N2/c1-60(2,3)45-34-43-26-30-46-56(63-52-24-16-14-22-48(52)61(4,5)50-36-41(28-32-54(50)63)39-18-10-8-11-19-39)38-57(47-31-27-44(35-45)58(43)59(46)47)64-53-25-17-15-23-49(53)62(6,7)51-37-42(29-33-55(51)64)40-20-12-9-13-21-40/h8-38H,1-7H3. The summed E-state index contributed by atoms with van der Waals surface area (Å²) in [7, 11) is 0. The first-order valence-corrected chi connectivity index (χ1v) is 22.8. The topological polar surface area (TPSA) is 6.48 Å². The second-order valence-electron chi connectivity index (χ2n) is 20.2. The zero-order chi connectivity index (χ0) is 43.7. The molecule has 0 aliphatic carbocycles. The van der Waals surface area contributed by atoms with E-state index in [0.29, 0.717) is 0 Å². The van der Waals surface area contributed by atoms with Gasteiger partial charge >= 0.3 is 0 Å². The lowest BCUT2D eigenvalue weighted by Crippen LogP contribution is -2.31. The Morgan fingerprint density at radius 1 is 0.328 bits per heavy atom. The summed E-state index contributed by atoms with van der Waals surface area (Å²) in [4.78, 5) is 5.17. The van der Waals surface area contributed by atoms with Crippen LogP contribution in [0.1, 0.15) is 76.3 Å². The highest BCUT2D eigenvalue weighted by atomic mass is 15.2. The largest absolute Gasteiger partial charge is 0.309 e. The van der Waals surface area contributed by atoms with Gasteiger partial charge in [-0.1, -0.05) is 194 Å². The Labute approximate surface area is 377 Å². The highest BCUT2D eigenvalue weighted by molar-refractivity contribution is 6.29. The van der Waals surface area contributed by atoms with Crippen LogP contribution >= 0.6 is 0 Å². The summed E-state index contributed by atoms with van der Waals surface area (Å²) in [6.45, 7) is 16.5. The molecule has 0 fully saturated rings. The van der Waals surface area contributed by atoms with E-state index >= 15 is 0 Å². The van der Waals surface area contributed by atoms with Crippen molar-refractivity contribution in [2.45, 2.75) is 64.7 Å². The maximum atomic E-state index is 2.58. The third-order valence-corrected chi connectivity index (χ3v) is 14.7. The molecule has 0 aromatic heterocycles. The van der Waals surface area contributed by atoms with Gasteiger partial charge < -0.3 is 9.80 Å². The van der Waals surface area contributed by atoms with E-state index in [1.165, 1.54) is 117 Å². The van der Waals surface area contributed by atoms with Crippen molar-refractivity contribution in [2.75, 3.05) is 9.80 Å². The molecule has 2 aliphatic rings. The summed E-state index contributed by atoms with van der Waals surface area (Å²) in [5.74, 6) is 0. The van der Waals surface area contributed by atoms with Crippen molar-refractivity contribution in [3.8, 4) is 22.3 Å². The number of para-hydroxylation sites is 2. The number of fused-ring (bicyclic) bond motifs is 4. The Morgan fingerprint density at radius 2 is 0.734 bits per heavy atom. The molecule has 0 bridgehead atoms. The highest BCUT2D eigenvalue weighted by Gasteiger charge is 2.40. The second-order valence-corrected chi connectivity index (χ2v) is 20.2. The highest BCUT2D eigenvalue weighted by Crippen LogP contribution is 2.59. The van der Waals surface area contributed by atoms with Crippen LogP contribution in [0.4, 0.5) is 34.1 Å². The predicted molar refractivity (Wildman–Crippen MR) is 273 cm³/mol. The fraction of sp³-hybridized carbons (Fsp3) is 0.161. The molecule has 12 rings (SSSR count). The number of anilines is 6. The minimum absolute atomic E-state index is 0.0139. The van der Waals surface area contributed by atoms with Gasteiger partial charge in [0.25, 0.3) is 0 Å². The van der Waals surface area contributed by atoms with Crippen molar-refractivity contribution in [1.82, 2.24) is 0 Å². The molecule has 2 heterocycles. The Hall–Kier alpha value is -7.16. The third kappa shape index (κ3) is 5.58. The van der Waals surface area contributed by atoms with E-state index in [9.17, 15) is 0 Å². The SMILES string of the molecule is CC(C)(C)c1cc2ccc3c(N4c5ccccc5C(C)(C)c5cc(-c6ccccc6)ccc54)cc(N4c5ccccc5C(C)(C)c5cc(-c6ccccc6)ccc54)c4ccc(c1)c2c34. The predicted octanol–water partition coefficient (Wildman–Crippen LogP) is 17.4. The summed E-state index contributed by atoms with van der Waals surface area (Å²) in [5.41, 5.74) is 18.3. The van der Waals surface area contributed by atoms with Gasteiger partial charge in [0.2, 0.25) is 0 Å². The lowest BCUT2D eigenvalue weighted by atomic mass is 9.72. The normalized spacial score (nSPS) is 15.0. The van der Waals surface area contributed by atoms with Crippen LogP contribution in [0.3, 0.4) is 0 Å². The van der Waals surface area contributed by atoms with E-state index in [1.807, 2.05) is 0 Å². The van der Waals surface area contributed by atoms with Crippen LogP contribution in [-0.4, -0.2) is 0 Å². The molecule has 64 heavy (non-hydrogen) atoms. The summed E-state index contributed by atoms with van der Waals surface area (Å²) in [6.07, 6.45) is 0. The van der Waals surface area contributed by atoms with Crippen LogP contribution in [-0.2, 0) is 16.2 Å². The molecule has 10 aromatic rings. The average Bonchev–Trinajstić information content (AvgIpc) is 3.31. The fourth-order valence-corrected chi connectivity index (χ4v) is 11.2. The molecular formula is C62H52N2. The van der Waals surface area contributed by atoms with Crippen LogP contribution in [0.15, 0.2) is 188 Å². The maximum absolute atomic E-state index is 2.58. The summed E-state index contributed by atoms with van der Waals surface area (Å²) in [5, 5.41) is 7.69. The van der Waals surface area contributed by atoms with E-state index in [1.54, 1.807) is 0 Å². The number of hydrogen-bond donors (Lipinski definition) is 0. The Bertz CT molecular complexity index is 3260. The van der Waals surface area contributed by atoms with Crippen molar-refractivity contribution in [3.63, 3.8) is 0 Å². The van der Waals surface area contributed by atoms with Gasteiger partial charge in [-0.2, -0.15) is 0 Å². The molecule has 0 radical (unpaired) electrons. The molecule has 0 spiro atoms. The molecule has 0 N–H and O–H groups in total. The van der Waals surface area contributed by atoms with E-state index in [4.69, 9.17) is 0 Å². The number of benzene rings is 10. The minimum atomic E-state index is -0.240. The van der Waals surface area contributed by atoms with Gasteiger partial charge in [-0.3, -0.25) is 0 Å². The molecule has 2 aliphatic heterocycles. The van der Waals surface area contributed by atoms with E-state index in [-0.39, 0.29) is 16.2 Å². The molecule has 0 atom stereocenters. The smallest absolute Gasteiger partial charge is 0.0561 e. The fourth-order valence-electron chi connectivity index (χ4n) is 11.2. The van der Waals surface area contributed by atoms with Crippen LogP contribution in [0, 0.1) is 0 Å². The quantitative estimate of drug-likeness (QED) is 0.163. The van der Waals surface area contributed by atoms with Crippen molar-refractivity contribution < 1.29 is 0 Å². The molecular weight excluding hydrogens is 773 g/mol. The van der Waals surface area contributed by atoms with Gasteiger partial charge in [0, 0.05) is 27.0 Å². The lowest BCUT2D eigenvalue weighted by Gasteiger charge is -2.44. The molecule has 0 saturated heterocycles. The zero-order valence-electron chi connectivity index (χ0n) is 37.8. The lowest BCUT2D eigenvalue weighted by molar-refractivity contribution is 0.591. The zero-order valence-corrected chi connectivity index (χ0v) is 37.8. The Kier molecular flexibility index (Phi) is 8.23. The number of hydrogen-bond acceptors (Lipinski definition) is 2. The average molecular weight is 825 g/mol. The summed E-state index contributed by atoms with van der Waals surface area (Å²) >= 11 is 0. The Balaban J connectivity index is 1.20. The maximum Gasteiger partial charge on any atom is 0.0561 e. The third-order valence-electron chi connectivity index (χ3n) is 14.7. The molecule has 0 saturated carbocycles.